The van der Waals surface area contributed by atoms with Crippen LogP contribution in [0.25, 0.3) is 6.08 Å². The molecule has 0 spiro atoms. The topological polar surface area (TPSA) is 63.4 Å². The van der Waals surface area contributed by atoms with Crippen LogP contribution >= 0.6 is 15.9 Å². The Bertz CT molecular complexity index is 1180. The van der Waals surface area contributed by atoms with Gasteiger partial charge in [0.1, 0.15) is 12.1 Å². The Kier molecular flexibility index (Phi) is 4.94. The maximum absolute atomic E-state index is 13.8. The van der Waals surface area contributed by atoms with Gasteiger partial charge in [0.05, 0.1) is 5.92 Å². The van der Waals surface area contributed by atoms with Crippen LogP contribution in [-0.4, -0.2) is 28.8 Å². The maximum atomic E-state index is 13.8. The molecule has 5 rings (SSSR count). The van der Waals surface area contributed by atoms with Gasteiger partial charge in [0.25, 0.3) is 0 Å². The molecule has 4 atom stereocenters. The van der Waals surface area contributed by atoms with Gasteiger partial charge in [-0.2, -0.15) is 0 Å². The van der Waals surface area contributed by atoms with E-state index in [1.807, 2.05) is 83.8 Å². The SMILES string of the molecule is O=C(c1ccccc1)[C@@H]1[C@H](c2ccc(Br)cc2)[C@@H]([N+](=O)[O-])[C@H]2C=Cc3ccccc3N21. The van der Waals surface area contributed by atoms with Gasteiger partial charge in [-0.05, 0) is 29.3 Å². The van der Waals surface area contributed by atoms with Gasteiger partial charge in [0.15, 0.2) is 5.78 Å². The molecule has 3 aromatic carbocycles. The van der Waals surface area contributed by atoms with Crippen LogP contribution in [0.3, 0.4) is 0 Å². The molecule has 2 heterocycles. The Morgan fingerprint density at radius 3 is 2.32 bits per heavy atom. The highest BCUT2D eigenvalue weighted by atomic mass is 79.9. The fourth-order valence-corrected chi connectivity index (χ4v) is 5.15. The molecule has 6 heteroatoms. The van der Waals surface area contributed by atoms with Crippen molar-refractivity contribution >= 4 is 33.5 Å². The van der Waals surface area contributed by atoms with Crippen molar-refractivity contribution in [1.29, 1.82) is 0 Å². The summed E-state index contributed by atoms with van der Waals surface area (Å²) >= 11 is 3.44. The second kappa shape index (κ2) is 7.78. The van der Waals surface area contributed by atoms with Crippen molar-refractivity contribution in [1.82, 2.24) is 0 Å². The molecule has 154 valence electrons. The quantitative estimate of drug-likeness (QED) is 0.290. The first-order chi connectivity index (χ1) is 15.1. The van der Waals surface area contributed by atoms with Crippen molar-refractivity contribution in [3.8, 4) is 0 Å². The molecule has 2 aliphatic heterocycles. The summed E-state index contributed by atoms with van der Waals surface area (Å²) < 4.78 is 0.890. The van der Waals surface area contributed by atoms with Crippen molar-refractivity contribution in [2.75, 3.05) is 4.90 Å². The molecule has 1 saturated heterocycles. The number of nitro groups is 1. The lowest BCUT2D eigenvalue weighted by molar-refractivity contribution is -0.524. The van der Waals surface area contributed by atoms with Crippen LogP contribution in [0.15, 0.2) is 89.4 Å². The van der Waals surface area contributed by atoms with E-state index in [1.54, 1.807) is 12.1 Å². The Labute approximate surface area is 188 Å². The van der Waals surface area contributed by atoms with Crippen LogP contribution in [0.1, 0.15) is 27.4 Å². The largest absolute Gasteiger partial charge is 0.346 e. The van der Waals surface area contributed by atoms with Crippen molar-refractivity contribution < 1.29 is 9.72 Å². The van der Waals surface area contributed by atoms with Crippen LogP contribution in [0.2, 0.25) is 0 Å². The number of Topliss-reactive ketones (excluding diaryl/α,β-unsaturated/α-hetero) is 1. The van der Waals surface area contributed by atoms with E-state index >= 15 is 0 Å². The molecule has 1 fully saturated rings. The number of ketones is 1. The van der Waals surface area contributed by atoms with Gasteiger partial charge in [0.2, 0.25) is 6.04 Å². The lowest BCUT2D eigenvalue weighted by atomic mass is 9.84. The molecule has 0 N–H and O–H groups in total. The number of hydrogen-bond acceptors (Lipinski definition) is 4. The minimum Gasteiger partial charge on any atom is -0.346 e. The zero-order valence-electron chi connectivity index (χ0n) is 16.5. The normalized spacial score (nSPS) is 23.8. The zero-order chi connectivity index (χ0) is 21.5. The second-order valence-corrected chi connectivity index (χ2v) is 8.76. The molecule has 5 nitrogen and oxygen atoms in total. The summed E-state index contributed by atoms with van der Waals surface area (Å²) in [6.07, 6.45) is 3.81. The second-order valence-electron chi connectivity index (χ2n) is 7.84. The van der Waals surface area contributed by atoms with E-state index in [2.05, 4.69) is 15.9 Å². The number of nitrogens with zero attached hydrogens (tertiary/aromatic N) is 2. The summed E-state index contributed by atoms with van der Waals surface area (Å²) in [4.78, 5) is 27.9. The van der Waals surface area contributed by atoms with Crippen LogP contribution < -0.4 is 4.90 Å². The van der Waals surface area contributed by atoms with Gasteiger partial charge in [0, 0.05) is 20.6 Å². The summed E-state index contributed by atoms with van der Waals surface area (Å²) in [5.74, 6) is -0.690. The molecule has 0 amide bonds. The predicted octanol–water partition coefficient (Wildman–Crippen LogP) is 5.35. The van der Waals surface area contributed by atoms with E-state index in [-0.39, 0.29) is 10.7 Å². The van der Waals surface area contributed by atoms with E-state index in [9.17, 15) is 14.9 Å². The Morgan fingerprint density at radius 2 is 1.61 bits per heavy atom. The average Bonchev–Trinajstić information content (AvgIpc) is 3.15. The highest BCUT2D eigenvalue weighted by Crippen LogP contribution is 2.47. The molecule has 0 radical (unpaired) electrons. The number of carbonyl (C=O) groups is 1. The van der Waals surface area contributed by atoms with Gasteiger partial charge in [-0.15, -0.1) is 0 Å². The van der Waals surface area contributed by atoms with Gasteiger partial charge in [-0.1, -0.05) is 88.7 Å². The lowest BCUT2D eigenvalue weighted by Crippen LogP contribution is -2.44. The third kappa shape index (κ3) is 3.27. The highest BCUT2D eigenvalue weighted by Gasteiger charge is 2.58. The number of benzene rings is 3. The van der Waals surface area contributed by atoms with E-state index in [0.717, 1.165) is 21.3 Å². The maximum Gasteiger partial charge on any atom is 0.245 e. The Balaban J connectivity index is 1.72. The molecule has 0 unspecified atom stereocenters. The first kappa shape index (κ1) is 19.7. The zero-order valence-corrected chi connectivity index (χ0v) is 18.1. The van der Waals surface area contributed by atoms with Crippen molar-refractivity contribution in [3.05, 3.63) is 116 Å². The first-order valence-corrected chi connectivity index (χ1v) is 10.9. The summed E-state index contributed by atoms with van der Waals surface area (Å²) in [5.41, 5.74) is 3.17. The molecule has 31 heavy (non-hydrogen) atoms. The van der Waals surface area contributed by atoms with Gasteiger partial charge >= 0.3 is 0 Å². The smallest absolute Gasteiger partial charge is 0.245 e. The molecule has 0 bridgehead atoms. The molecular weight excluding hydrogens is 456 g/mol. The summed E-state index contributed by atoms with van der Waals surface area (Å²) in [6.45, 7) is 0. The van der Waals surface area contributed by atoms with Crippen LogP contribution in [-0.2, 0) is 0 Å². The average molecular weight is 475 g/mol. The number of para-hydroxylation sites is 1. The van der Waals surface area contributed by atoms with E-state index < -0.39 is 24.0 Å². The monoisotopic (exact) mass is 474 g/mol. The van der Waals surface area contributed by atoms with Crippen LogP contribution in [0.4, 0.5) is 5.69 Å². The lowest BCUT2D eigenvalue weighted by Gasteiger charge is -2.34. The van der Waals surface area contributed by atoms with Crippen LogP contribution in [0, 0.1) is 10.1 Å². The van der Waals surface area contributed by atoms with Crippen molar-refractivity contribution in [2.45, 2.75) is 24.0 Å². The predicted molar refractivity (Wildman–Crippen MR) is 124 cm³/mol. The fraction of sp³-hybridized carbons (Fsp3) is 0.160. The minimum atomic E-state index is -0.941. The minimum absolute atomic E-state index is 0.104. The number of halogens is 1. The molecule has 2 aliphatic rings. The number of hydrogen-bond donors (Lipinski definition) is 0. The van der Waals surface area contributed by atoms with Gasteiger partial charge in [-0.3, -0.25) is 14.9 Å². The third-order valence-corrected chi connectivity index (χ3v) is 6.72. The summed E-state index contributed by atoms with van der Waals surface area (Å²) in [6, 6.07) is 22.2. The van der Waals surface area contributed by atoms with Crippen molar-refractivity contribution in [2.24, 2.45) is 0 Å². The Hall–Kier alpha value is -3.25. The first-order valence-electron chi connectivity index (χ1n) is 10.1. The number of carbonyl (C=O) groups excluding carboxylic acids is 1. The molecular formula is C25H19BrN2O3. The van der Waals surface area contributed by atoms with Gasteiger partial charge < -0.3 is 4.90 Å². The summed E-state index contributed by atoms with van der Waals surface area (Å²) in [7, 11) is 0. The number of anilines is 1. The van der Waals surface area contributed by atoms with Crippen molar-refractivity contribution in [3.63, 3.8) is 0 Å². The highest BCUT2D eigenvalue weighted by molar-refractivity contribution is 9.10. The summed E-state index contributed by atoms with van der Waals surface area (Å²) in [5, 5.41) is 12.3. The van der Waals surface area contributed by atoms with Crippen LogP contribution in [0.5, 0.6) is 0 Å². The molecule has 0 aliphatic carbocycles. The molecule has 3 aromatic rings. The van der Waals surface area contributed by atoms with E-state index in [4.69, 9.17) is 0 Å². The molecule has 0 aromatic heterocycles. The Morgan fingerprint density at radius 1 is 0.935 bits per heavy atom. The number of fused-ring (bicyclic) bond motifs is 3. The third-order valence-electron chi connectivity index (χ3n) is 6.19. The fourth-order valence-electron chi connectivity index (χ4n) is 4.89. The standard InChI is InChI=1S/C25H19BrN2O3/c26-19-13-10-17(11-14-19)22-23(28(30)31)21-15-12-16-6-4-5-9-20(16)27(21)24(22)25(29)18-7-2-1-3-8-18/h1-15,21-24H/t21-,22-,23+,24+/m1/s1. The van der Waals surface area contributed by atoms with E-state index in [1.165, 1.54) is 0 Å². The van der Waals surface area contributed by atoms with E-state index in [0.29, 0.717) is 5.56 Å². The number of rotatable bonds is 4. The molecule has 0 saturated carbocycles. The van der Waals surface area contributed by atoms with Gasteiger partial charge in [-0.25, -0.2) is 0 Å².